The largest absolute Gasteiger partial charge is 0.355 e. The molecule has 7 heteroatoms. The van der Waals surface area contributed by atoms with Crippen LogP contribution in [0.2, 0.25) is 10.0 Å². The van der Waals surface area contributed by atoms with Crippen LogP contribution in [0.1, 0.15) is 20.3 Å². The van der Waals surface area contributed by atoms with Crippen LogP contribution < -0.4 is 16.0 Å². The van der Waals surface area contributed by atoms with E-state index in [0.29, 0.717) is 22.3 Å². The molecular weight excluding hydrogens is 313 g/mol. The zero-order valence-electron chi connectivity index (χ0n) is 12.0. The molecule has 0 fully saturated rings. The van der Waals surface area contributed by atoms with Gasteiger partial charge in [-0.15, -0.1) is 0 Å². The normalized spacial score (nSPS) is 11.8. The number of rotatable bonds is 7. The number of amides is 2. The number of carbonyl (C=O) groups excluding carboxylic acids is 2. The summed E-state index contributed by atoms with van der Waals surface area (Å²) in [5.74, 6) is -0.458. The highest BCUT2D eigenvalue weighted by Crippen LogP contribution is 2.29. The van der Waals surface area contributed by atoms with E-state index in [4.69, 9.17) is 23.2 Å². The Labute approximate surface area is 134 Å². The molecule has 1 unspecified atom stereocenters. The minimum Gasteiger partial charge on any atom is -0.355 e. The van der Waals surface area contributed by atoms with E-state index in [1.165, 1.54) is 0 Å². The van der Waals surface area contributed by atoms with Gasteiger partial charge in [0.15, 0.2) is 0 Å². The molecule has 5 nitrogen and oxygen atoms in total. The highest BCUT2D eigenvalue weighted by molar-refractivity contribution is 6.39. The van der Waals surface area contributed by atoms with E-state index in [0.717, 1.165) is 6.42 Å². The molecule has 21 heavy (non-hydrogen) atoms. The maximum Gasteiger partial charge on any atom is 0.238 e. The van der Waals surface area contributed by atoms with Gasteiger partial charge in [-0.1, -0.05) is 36.2 Å². The summed E-state index contributed by atoms with van der Waals surface area (Å²) in [5.41, 5.74) is 0.371. The van der Waals surface area contributed by atoms with Crippen LogP contribution in [0.4, 0.5) is 5.69 Å². The van der Waals surface area contributed by atoms with Gasteiger partial charge >= 0.3 is 0 Å². The molecule has 1 aromatic rings. The Morgan fingerprint density at radius 3 is 2.43 bits per heavy atom. The lowest BCUT2D eigenvalue weighted by Gasteiger charge is -2.14. The summed E-state index contributed by atoms with van der Waals surface area (Å²) in [4.78, 5) is 23.5. The predicted octanol–water partition coefficient (Wildman–Crippen LogP) is 2.44. The first-order valence-corrected chi connectivity index (χ1v) is 7.46. The van der Waals surface area contributed by atoms with Crippen LogP contribution in [-0.2, 0) is 9.59 Å². The Balaban J connectivity index is 2.46. The number of para-hydroxylation sites is 1. The Morgan fingerprint density at radius 2 is 1.86 bits per heavy atom. The summed E-state index contributed by atoms with van der Waals surface area (Å²) >= 11 is 11.9. The van der Waals surface area contributed by atoms with Gasteiger partial charge in [-0.2, -0.15) is 0 Å². The molecule has 0 aliphatic rings. The molecule has 2 amide bonds. The zero-order chi connectivity index (χ0) is 15.8. The minimum absolute atomic E-state index is 0.0116. The second-order valence-electron chi connectivity index (χ2n) is 4.54. The van der Waals surface area contributed by atoms with E-state index >= 15 is 0 Å². The second kappa shape index (κ2) is 8.87. The minimum atomic E-state index is -0.455. The van der Waals surface area contributed by atoms with Crippen molar-refractivity contribution in [3.63, 3.8) is 0 Å². The highest BCUT2D eigenvalue weighted by atomic mass is 35.5. The maximum atomic E-state index is 11.8. The van der Waals surface area contributed by atoms with Gasteiger partial charge in [0.2, 0.25) is 11.8 Å². The number of benzene rings is 1. The topological polar surface area (TPSA) is 70.2 Å². The number of halogens is 2. The van der Waals surface area contributed by atoms with Gasteiger partial charge in [0, 0.05) is 6.54 Å². The first kappa shape index (κ1) is 17.8. The van der Waals surface area contributed by atoms with Gasteiger partial charge in [0.1, 0.15) is 0 Å². The van der Waals surface area contributed by atoms with Gasteiger partial charge in [-0.25, -0.2) is 0 Å². The Bertz CT molecular complexity index is 489. The fraction of sp³-hybridized carbons (Fsp3) is 0.429. The van der Waals surface area contributed by atoms with Crippen LogP contribution in [0.3, 0.4) is 0 Å². The van der Waals surface area contributed by atoms with E-state index in [-0.39, 0.29) is 18.4 Å². The van der Waals surface area contributed by atoms with Crippen LogP contribution in [0.5, 0.6) is 0 Å². The number of anilines is 1. The molecule has 116 valence electrons. The molecule has 1 atom stereocenters. The van der Waals surface area contributed by atoms with Gasteiger partial charge in [0.05, 0.1) is 28.3 Å². The van der Waals surface area contributed by atoms with E-state index < -0.39 is 6.04 Å². The highest BCUT2D eigenvalue weighted by Gasteiger charge is 2.14. The number of carbonyl (C=O) groups is 2. The lowest BCUT2D eigenvalue weighted by atomic mass is 10.3. The van der Waals surface area contributed by atoms with Gasteiger partial charge in [-0.3, -0.25) is 14.9 Å². The zero-order valence-corrected chi connectivity index (χ0v) is 13.5. The summed E-state index contributed by atoms with van der Waals surface area (Å²) in [6.45, 7) is 4.27. The fourth-order valence-corrected chi connectivity index (χ4v) is 2.03. The van der Waals surface area contributed by atoms with Crippen molar-refractivity contribution in [2.24, 2.45) is 0 Å². The van der Waals surface area contributed by atoms with Gasteiger partial charge < -0.3 is 10.6 Å². The van der Waals surface area contributed by atoms with Crippen LogP contribution in [-0.4, -0.2) is 30.9 Å². The molecule has 0 aliphatic carbocycles. The average molecular weight is 332 g/mol. The summed E-state index contributed by atoms with van der Waals surface area (Å²) in [7, 11) is 0. The summed E-state index contributed by atoms with van der Waals surface area (Å²) in [6, 6.07) is 4.51. The molecule has 0 saturated heterocycles. The maximum absolute atomic E-state index is 11.8. The second-order valence-corrected chi connectivity index (χ2v) is 5.35. The molecule has 0 spiro atoms. The average Bonchev–Trinajstić information content (AvgIpc) is 2.46. The number of hydrogen-bond donors (Lipinski definition) is 3. The molecule has 3 N–H and O–H groups in total. The van der Waals surface area contributed by atoms with Gasteiger partial charge in [-0.05, 0) is 25.5 Å². The van der Waals surface area contributed by atoms with E-state index in [1.54, 1.807) is 25.1 Å². The third kappa shape index (κ3) is 5.91. The standard InChI is InChI=1S/C14H19Cl2N3O2/c1-3-7-17-14(21)9(2)18-8-12(20)19-13-10(15)5-4-6-11(13)16/h4-6,9,18H,3,7-8H2,1-2H3,(H,17,21)(H,19,20). The lowest BCUT2D eigenvalue weighted by molar-refractivity contribution is -0.123. The van der Waals surface area contributed by atoms with E-state index in [2.05, 4.69) is 16.0 Å². The van der Waals surface area contributed by atoms with Crippen molar-refractivity contribution in [2.75, 3.05) is 18.4 Å². The fourth-order valence-electron chi connectivity index (χ4n) is 1.54. The molecule has 0 radical (unpaired) electrons. The van der Waals surface area contributed by atoms with Crippen molar-refractivity contribution in [2.45, 2.75) is 26.3 Å². The molecule has 0 aliphatic heterocycles. The first-order valence-electron chi connectivity index (χ1n) is 6.70. The monoisotopic (exact) mass is 331 g/mol. The molecule has 0 bridgehead atoms. The Kier molecular flexibility index (Phi) is 7.50. The third-order valence-corrected chi connectivity index (χ3v) is 3.37. The van der Waals surface area contributed by atoms with E-state index in [9.17, 15) is 9.59 Å². The molecule has 0 aromatic heterocycles. The summed E-state index contributed by atoms with van der Waals surface area (Å²) in [6.07, 6.45) is 0.865. The molecule has 1 aromatic carbocycles. The molecular formula is C14H19Cl2N3O2. The van der Waals surface area contributed by atoms with Crippen LogP contribution >= 0.6 is 23.2 Å². The van der Waals surface area contributed by atoms with Crippen molar-refractivity contribution in [3.8, 4) is 0 Å². The van der Waals surface area contributed by atoms with Crippen LogP contribution in [0.25, 0.3) is 0 Å². The van der Waals surface area contributed by atoms with Crippen molar-refractivity contribution < 1.29 is 9.59 Å². The van der Waals surface area contributed by atoms with Crippen molar-refractivity contribution in [3.05, 3.63) is 28.2 Å². The first-order chi connectivity index (χ1) is 9.95. The summed E-state index contributed by atoms with van der Waals surface area (Å²) in [5, 5.41) is 8.94. The van der Waals surface area contributed by atoms with Crippen LogP contribution in [0, 0.1) is 0 Å². The Hall–Kier alpha value is -1.30. The number of nitrogens with one attached hydrogen (secondary N) is 3. The molecule has 0 heterocycles. The number of hydrogen-bond acceptors (Lipinski definition) is 3. The van der Waals surface area contributed by atoms with Crippen LogP contribution in [0.15, 0.2) is 18.2 Å². The predicted molar refractivity (Wildman–Crippen MR) is 85.9 cm³/mol. The Morgan fingerprint density at radius 1 is 1.24 bits per heavy atom. The summed E-state index contributed by atoms with van der Waals surface area (Å²) < 4.78 is 0. The third-order valence-electron chi connectivity index (χ3n) is 2.74. The quantitative estimate of drug-likeness (QED) is 0.718. The van der Waals surface area contributed by atoms with Crippen molar-refractivity contribution in [1.82, 2.24) is 10.6 Å². The van der Waals surface area contributed by atoms with Gasteiger partial charge in [0.25, 0.3) is 0 Å². The lowest BCUT2D eigenvalue weighted by Crippen LogP contribution is -2.45. The van der Waals surface area contributed by atoms with Crippen molar-refractivity contribution >= 4 is 40.7 Å². The smallest absolute Gasteiger partial charge is 0.238 e. The molecule has 1 rings (SSSR count). The SMILES string of the molecule is CCCNC(=O)C(C)NCC(=O)Nc1c(Cl)cccc1Cl. The van der Waals surface area contributed by atoms with Crippen molar-refractivity contribution in [1.29, 1.82) is 0 Å². The van der Waals surface area contributed by atoms with E-state index in [1.807, 2.05) is 6.92 Å². The molecule has 0 saturated carbocycles.